The van der Waals surface area contributed by atoms with Crippen LogP contribution in [0.25, 0.3) is 0 Å². The molecular weight excluding hydrogens is 478 g/mol. The number of carbonyl (C=O) groups excluding carboxylic acids is 2. The Morgan fingerprint density at radius 1 is 1.06 bits per heavy atom. The van der Waals surface area contributed by atoms with Crippen molar-refractivity contribution in [1.82, 2.24) is 15.2 Å². The number of hydrogen-bond acceptors (Lipinski definition) is 5. The first-order valence-corrected chi connectivity index (χ1v) is 11.2. The van der Waals surface area contributed by atoms with Crippen LogP contribution in [0.1, 0.15) is 29.2 Å². The van der Waals surface area contributed by atoms with E-state index in [1.807, 2.05) is 0 Å². The molecule has 3 rings (SSSR count). The number of nitrogens with two attached hydrogens (primary N) is 1. The van der Waals surface area contributed by atoms with E-state index in [0.717, 1.165) is 16.0 Å². The van der Waals surface area contributed by atoms with Crippen molar-refractivity contribution in [3.8, 4) is 5.75 Å². The molecule has 0 fully saturated rings. The number of phenolic OH excluding ortho intramolecular Hbond substituents is 1. The molecule has 2 aromatic carbocycles. The summed E-state index contributed by atoms with van der Waals surface area (Å²) in [6.07, 6.45) is -0.0712. The van der Waals surface area contributed by atoms with Crippen LogP contribution in [0.3, 0.4) is 0 Å². The number of pyridine rings is 1. The summed E-state index contributed by atoms with van der Waals surface area (Å²) < 4.78 is 27.1. The molecule has 0 saturated heterocycles. The smallest absolute Gasteiger partial charge is 0.255 e. The van der Waals surface area contributed by atoms with Crippen molar-refractivity contribution in [3.05, 3.63) is 88.7 Å². The summed E-state index contributed by atoms with van der Waals surface area (Å²) in [7, 11) is 0. The van der Waals surface area contributed by atoms with Gasteiger partial charge >= 0.3 is 0 Å². The Bertz CT molecular complexity index is 1140. The van der Waals surface area contributed by atoms with Crippen molar-refractivity contribution in [2.45, 2.75) is 31.9 Å². The highest BCUT2D eigenvalue weighted by molar-refractivity contribution is 6.30. The Kier molecular flexibility index (Phi) is 8.97. The quantitative estimate of drug-likeness (QED) is 0.386. The molecule has 0 aliphatic heterocycles. The molecular formula is C25H25ClF2N4O3. The van der Waals surface area contributed by atoms with Crippen molar-refractivity contribution in [3.63, 3.8) is 0 Å². The van der Waals surface area contributed by atoms with Crippen molar-refractivity contribution < 1.29 is 23.5 Å². The van der Waals surface area contributed by atoms with E-state index in [0.29, 0.717) is 5.02 Å². The summed E-state index contributed by atoms with van der Waals surface area (Å²) >= 11 is 5.89. The molecule has 1 aromatic heterocycles. The van der Waals surface area contributed by atoms with Gasteiger partial charge in [-0.05, 0) is 47.9 Å². The van der Waals surface area contributed by atoms with Crippen LogP contribution in [0, 0.1) is 0 Å². The number of benzene rings is 2. The van der Waals surface area contributed by atoms with Gasteiger partial charge in [0.1, 0.15) is 11.8 Å². The van der Waals surface area contributed by atoms with Crippen LogP contribution in [0.2, 0.25) is 5.02 Å². The number of hydrogen-bond donors (Lipinski definition) is 3. The molecule has 1 unspecified atom stereocenters. The number of nitrogens with one attached hydrogen (secondary N) is 1. The number of aromatic hydroxyl groups is 1. The average Bonchev–Trinajstić information content (AvgIpc) is 2.83. The van der Waals surface area contributed by atoms with Gasteiger partial charge in [0.25, 0.3) is 6.43 Å². The molecule has 35 heavy (non-hydrogen) atoms. The van der Waals surface area contributed by atoms with E-state index in [4.69, 9.17) is 17.3 Å². The van der Waals surface area contributed by atoms with E-state index in [-0.39, 0.29) is 36.4 Å². The number of anilines is 1. The largest absolute Gasteiger partial charge is 0.508 e. The maximum atomic E-state index is 13.6. The first-order chi connectivity index (χ1) is 16.7. The molecule has 1 atom stereocenters. The van der Waals surface area contributed by atoms with Gasteiger partial charge in [-0.25, -0.2) is 8.78 Å². The fourth-order valence-corrected chi connectivity index (χ4v) is 3.69. The molecule has 2 amide bonds. The summed E-state index contributed by atoms with van der Waals surface area (Å²) in [6, 6.07) is 13.0. The van der Waals surface area contributed by atoms with E-state index in [1.165, 1.54) is 30.6 Å². The maximum absolute atomic E-state index is 13.6. The fourth-order valence-electron chi connectivity index (χ4n) is 3.56. The number of phenols is 1. The predicted octanol–water partition coefficient (Wildman–Crippen LogP) is 4.11. The zero-order chi connectivity index (χ0) is 25.4. The highest BCUT2D eigenvalue weighted by Crippen LogP contribution is 2.28. The summed E-state index contributed by atoms with van der Waals surface area (Å²) in [6.45, 7) is -0.850. The number of halogens is 3. The molecule has 0 saturated carbocycles. The lowest BCUT2D eigenvalue weighted by molar-refractivity contribution is -0.143. The second-order valence-corrected chi connectivity index (χ2v) is 8.29. The standard InChI is InChI=1S/C25H25ClF2N4O3/c26-18-6-1-17(2-7-18)13-31-25(35)24(20-11-12-30-14-21(20)29)32(15-22(27)28)23(34)10-5-16-3-8-19(33)9-4-16/h1-4,6-9,11-12,14,22,24,33H,5,10,13,15,29H2,(H,31,35). The first-order valence-electron chi connectivity index (χ1n) is 10.8. The van der Waals surface area contributed by atoms with Crippen LogP contribution in [-0.2, 0) is 22.6 Å². The topological polar surface area (TPSA) is 109 Å². The zero-order valence-electron chi connectivity index (χ0n) is 18.7. The lowest BCUT2D eigenvalue weighted by atomic mass is 10.0. The minimum Gasteiger partial charge on any atom is -0.508 e. The van der Waals surface area contributed by atoms with Gasteiger partial charge in [-0.2, -0.15) is 0 Å². The van der Waals surface area contributed by atoms with Gasteiger partial charge in [0.15, 0.2) is 0 Å². The minimum absolute atomic E-state index is 0.0741. The van der Waals surface area contributed by atoms with E-state index in [1.54, 1.807) is 36.4 Å². The van der Waals surface area contributed by atoms with Crippen molar-refractivity contribution in [2.24, 2.45) is 0 Å². The molecule has 0 aliphatic carbocycles. The number of amides is 2. The highest BCUT2D eigenvalue weighted by atomic mass is 35.5. The Hall–Kier alpha value is -3.72. The average molecular weight is 503 g/mol. The van der Waals surface area contributed by atoms with Crippen molar-refractivity contribution in [1.29, 1.82) is 0 Å². The highest BCUT2D eigenvalue weighted by Gasteiger charge is 2.34. The summed E-state index contributed by atoms with van der Waals surface area (Å²) in [5.41, 5.74) is 7.80. The second kappa shape index (κ2) is 12.1. The third-order valence-corrected chi connectivity index (χ3v) is 5.59. The van der Waals surface area contributed by atoms with Crippen molar-refractivity contribution in [2.75, 3.05) is 12.3 Å². The number of nitrogen functional groups attached to an aromatic ring is 1. The summed E-state index contributed by atoms with van der Waals surface area (Å²) in [5.74, 6) is -1.22. The van der Waals surface area contributed by atoms with Crippen molar-refractivity contribution >= 4 is 29.1 Å². The Morgan fingerprint density at radius 2 is 1.71 bits per heavy atom. The van der Waals surface area contributed by atoms with Crippen LogP contribution >= 0.6 is 11.6 Å². The minimum atomic E-state index is -2.87. The van der Waals surface area contributed by atoms with Gasteiger partial charge in [0, 0.05) is 29.7 Å². The molecule has 184 valence electrons. The molecule has 10 heteroatoms. The molecule has 0 radical (unpaired) electrons. The van der Waals surface area contributed by atoms with E-state index >= 15 is 0 Å². The second-order valence-electron chi connectivity index (χ2n) is 7.86. The fraction of sp³-hybridized carbons (Fsp3) is 0.240. The normalized spacial score (nSPS) is 11.8. The Morgan fingerprint density at radius 3 is 2.34 bits per heavy atom. The first kappa shape index (κ1) is 25.9. The Balaban J connectivity index is 1.86. The number of nitrogens with zero attached hydrogens (tertiary/aromatic N) is 2. The molecule has 0 spiro atoms. The molecule has 1 heterocycles. The van der Waals surface area contributed by atoms with Gasteiger partial charge in [-0.15, -0.1) is 0 Å². The summed E-state index contributed by atoms with van der Waals surface area (Å²) in [4.78, 5) is 31.2. The molecule has 3 aromatic rings. The molecule has 4 N–H and O–H groups in total. The van der Waals surface area contributed by atoms with Crippen LogP contribution < -0.4 is 11.1 Å². The van der Waals surface area contributed by atoms with E-state index in [2.05, 4.69) is 10.3 Å². The lowest BCUT2D eigenvalue weighted by Gasteiger charge is -2.32. The van der Waals surface area contributed by atoms with Crippen LogP contribution in [0.5, 0.6) is 5.75 Å². The van der Waals surface area contributed by atoms with Gasteiger partial charge < -0.3 is 21.1 Å². The molecule has 0 aliphatic rings. The number of carbonyl (C=O) groups is 2. The maximum Gasteiger partial charge on any atom is 0.255 e. The van der Waals surface area contributed by atoms with E-state index in [9.17, 15) is 23.5 Å². The Labute approximate surface area is 206 Å². The van der Waals surface area contributed by atoms with Gasteiger partial charge in [0.05, 0.1) is 18.4 Å². The number of alkyl halides is 2. The third kappa shape index (κ3) is 7.38. The third-order valence-electron chi connectivity index (χ3n) is 5.34. The summed E-state index contributed by atoms with van der Waals surface area (Å²) in [5, 5.41) is 12.7. The predicted molar refractivity (Wildman–Crippen MR) is 129 cm³/mol. The SMILES string of the molecule is Nc1cnccc1C(C(=O)NCc1ccc(Cl)cc1)N(CC(F)F)C(=O)CCc1ccc(O)cc1. The number of rotatable bonds is 10. The number of aryl methyl sites for hydroxylation is 1. The lowest BCUT2D eigenvalue weighted by Crippen LogP contribution is -2.46. The van der Waals surface area contributed by atoms with E-state index < -0.39 is 30.8 Å². The van der Waals surface area contributed by atoms with Gasteiger partial charge in [0.2, 0.25) is 11.8 Å². The monoisotopic (exact) mass is 502 g/mol. The zero-order valence-corrected chi connectivity index (χ0v) is 19.5. The van der Waals surface area contributed by atoms with Crippen LogP contribution in [0.15, 0.2) is 67.0 Å². The molecule has 7 nitrogen and oxygen atoms in total. The number of aromatic nitrogens is 1. The molecule has 0 bridgehead atoms. The van der Waals surface area contributed by atoms with Gasteiger partial charge in [-0.3, -0.25) is 14.6 Å². The van der Waals surface area contributed by atoms with Gasteiger partial charge in [-0.1, -0.05) is 35.9 Å². The van der Waals surface area contributed by atoms with Crippen LogP contribution in [-0.4, -0.2) is 39.8 Å². The van der Waals surface area contributed by atoms with Crippen LogP contribution in [0.4, 0.5) is 14.5 Å².